The molecule has 3 aromatic rings. The Labute approximate surface area is 151 Å². The van der Waals surface area contributed by atoms with Crippen LogP contribution in [-0.4, -0.2) is 42.1 Å². The molecule has 1 aromatic carbocycles. The summed E-state index contributed by atoms with van der Waals surface area (Å²) in [6, 6.07) is 10.1. The Morgan fingerprint density at radius 1 is 1.15 bits per heavy atom. The predicted molar refractivity (Wildman–Crippen MR) is 95.2 cm³/mol. The molecular formula is C19H20N6O. The largest absolute Gasteiger partial charge is 0.327 e. The summed E-state index contributed by atoms with van der Waals surface area (Å²) in [5.74, 6) is 0.725. The van der Waals surface area contributed by atoms with Crippen molar-refractivity contribution in [2.24, 2.45) is 0 Å². The highest BCUT2D eigenvalue weighted by molar-refractivity contribution is 5.92. The molecule has 0 bridgehead atoms. The minimum absolute atomic E-state index is 0.0931. The SMILES string of the molecule is O=C(c1cnccn1)N1CCCCC1c1nncn1Cc1ccccc1. The molecule has 1 aliphatic heterocycles. The lowest BCUT2D eigenvalue weighted by Gasteiger charge is -2.34. The average molecular weight is 348 g/mol. The zero-order valence-corrected chi connectivity index (χ0v) is 14.4. The molecule has 0 saturated carbocycles. The van der Waals surface area contributed by atoms with Gasteiger partial charge in [0.15, 0.2) is 5.82 Å². The molecule has 132 valence electrons. The minimum atomic E-state index is -0.0999. The van der Waals surface area contributed by atoms with Crippen molar-refractivity contribution in [3.63, 3.8) is 0 Å². The second-order valence-corrected chi connectivity index (χ2v) is 6.40. The summed E-state index contributed by atoms with van der Waals surface area (Å²) in [6.07, 6.45) is 9.29. The Balaban J connectivity index is 1.61. The monoisotopic (exact) mass is 348 g/mol. The summed E-state index contributed by atoms with van der Waals surface area (Å²) in [7, 11) is 0. The molecule has 2 aromatic heterocycles. The van der Waals surface area contributed by atoms with Crippen molar-refractivity contribution < 1.29 is 4.79 Å². The van der Waals surface area contributed by atoms with Gasteiger partial charge in [-0.3, -0.25) is 9.78 Å². The third-order valence-electron chi connectivity index (χ3n) is 4.69. The van der Waals surface area contributed by atoms with Crippen LogP contribution in [-0.2, 0) is 6.54 Å². The number of nitrogens with zero attached hydrogens (tertiary/aromatic N) is 6. The number of carbonyl (C=O) groups is 1. The second-order valence-electron chi connectivity index (χ2n) is 6.40. The first-order valence-electron chi connectivity index (χ1n) is 8.81. The standard InChI is InChI=1S/C19H20N6O/c26-19(16-12-20-9-10-21-16)25-11-5-4-8-17(25)18-23-22-14-24(18)13-15-6-2-1-3-7-15/h1-3,6-7,9-10,12,14,17H,4-5,8,11,13H2. The highest BCUT2D eigenvalue weighted by atomic mass is 16.2. The van der Waals surface area contributed by atoms with E-state index in [1.54, 1.807) is 18.7 Å². The van der Waals surface area contributed by atoms with Gasteiger partial charge < -0.3 is 9.47 Å². The van der Waals surface area contributed by atoms with Crippen LogP contribution < -0.4 is 0 Å². The Kier molecular flexibility index (Phi) is 4.68. The van der Waals surface area contributed by atoms with Crippen LogP contribution in [0.25, 0.3) is 0 Å². The van der Waals surface area contributed by atoms with Crippen LogP contribution in [0.2, 0.25) is 0 Å². The van der Waals surface area contributed by atoms with Gasteiger partial charge in [0.25, 0.3) is 5.91 Å². The third-order valence-corrected chi connectivity index (χ3v) is 4.69. The van der Waals surface area contributed by atoms with Gasteiger partial charge >= 0.3 is 0 Å². The zero-order chi connectivity index (χ0) is 17.8. The van der Waals surface area contributed by atoms with Crippen molar-refractivity contribution in [3.05, 3.63) is 72.3 Å². The Morgan fingerprint density at radius 3 is 2.85 bits per heavy atom. The van der Waals surface area contributed by atoms with E-state index in [0.29, 0.717) is 18.8 Å². The Morgan fingerprint density at radius 2 is 2.04 bits per heavy atom. The number of amides is 1. The van der Waals surface area contributed by atoms with Gasteiger partial charge in [0.1, 0.15) is 12.0 Å². The fourth-order valence-corrected chi connectivity index (χ4v) is 3.42. The molecule has 1 fully saturated rings. The number of carbonyl (C=O) groups excluding carboxylic acids is 1. The lowest BCUT2D eigenvalue weighted by atomic mass is 10.0. The van der Waals surface area contributed by atoms with Crippen LogP contribution >= 0.6 is 0 Å². The van der Waals surface area contributed by atoms with Crippen LogP contribution in [0.1, 0.15) is 47.2 Å². The maximum absolute atomic E-state index is 12.9. The average Bonchev–Trinajstić information content (AvgIpc) is 3.17. The summed E-state index contributed by atoms with van der Waals surface area (Å²) in [5.41, 5.74) is 1.55. The summed E-state index contributed by atoms with van der Waals surface area (Å²) in [5, 5.41) is 8.45. The number of likely N-dealkylation sites (tertiary alicyclic amines) is 1. The zero-order valence-electron chi connectivity index (χ0n) is 14.4. The summed E-state index contributed by atoms with van der Waals surface area (Å²) in [4.78, 5) is 23.0. The molecule has 1 atom stereocenters. The number of benzene rings is 1. The van der Waals surface area contributed by atoms with Crippen molar-refractivity contribution in [2.75, 3.05) is 6.54 Å². The van der Waals surface area contributed by atoms with Crippen molar-refractivity contribution in [1.82, 2.24) is 29.6 Å². The van der Waals surface area contributed by atoms with Crippen LogP contribution in [0.4, 0.5) is 0 Å². The van der Waals surface area contributed by atoms with Gasteiger partial charge in [0, 0.05) is 18.9 Å². The van der Waals surface area contributed by atoms with E-state index in [-0.39, 0.29) is 11.9 Å². The predicted octanol–water partition coefficient (Wildman–Crippen LogP) is 2.48. The van der Waals surface area contributed by atoms with E-state index in [0.717, 1.165) is 25.1 Å². The van der Waals surface area contributed by atoms with Gasteiger partial charge in [0.2, 0.25) is 0 Å². The molecule has 4 rings (SSSR count). The number of rotatable bonds is 4. The topological polar surface area (TPSA) is 76.8 Å². The van der Waals surface area contributed by atoms with E-state index in [1.165, 1.54) is 11.8 Å². The molecular weight excluding hydrogens is 328 g/mol. The summed E-state index contributed by atoms with van der Waals surface area (Å²) in [6.45, 7) is 1.38. The van der Waals surface area contributed by atoms with E-state index < -0.39 is 0 Å². The first kappa shape index (κ1) is 16.4. The lowest BCUT2D eigenvalue weighted by Crippen LogP contribution is -2.40. The molecule has 0 spiro atoms. The number of hydrogen-bond acceptors (Lipinski definition) is 5. The maximum Gasteiger partial charge on any atom is 0.274 e. The van der Waals surface area contributed by atoms with Crippen molar-refractivity contribution in [2.45, 2.75) is 31.8 Å². The van der Waals surface area contributed by atoms with Crippen LogP contribution in [0, 0.1) is 0 Å². The third kappa shape index (κ3) is 3.33. The van der Waals surface area contributed by atoms with Crippen molar-refractivity contribution >= 4 is 5.91 Å². The molecule has 1 unspecified atom stereocenters. The summed E-state index contributed by atoms with van der Waals surface area (Å²) >= 11 is 0. The van der Waals surface area contributed by atoms with E-state index >= 15 is 0 Å². The van der Waals surface area contributed by atoms with Crippen LogP contribution in [0.3, 0.4) is 0 Å². The van der Waals surface area contributed by atoms with Gasteiger partial charge in [-0.25, -0.2) is 4.98 Å². The van der Waals surface area contributed by atoms with E-state index in [4.69, 9.17) is 0 Å². The Hall–Kier alpha value is -3.09. The molecule has 0 radical (unpaired) electrons. The Bertz CT molecular complexity index is 864. The first-order valence-corrected chi connectivity index (χ1v) is 8.81. The molecule has 0 N–H and O–H groups in total. The quantitative estimate of drug-likeness (QED) is 0.724. The van der Waals surface area contributed by atoms with Gasteiger partial charge in [-0.15, -0.1) is 10.2 Å². The molecule has 3 heterocycles. The van der Waals surface area contributed by atoms with Gasteiger partial charge in [-0.05, 0) is 24.8 Å². The molecule has 26 heavy (non-hydrogen) atoms. The van der Waals surface area contributed by atoms with E-state index in [9.17, 15) is 4.79 Å². The van der Waals surface area contributed by atoms with Crippen LogP contribution in [0.15, 0.2) is 55.2 Å². The molecule has 1 amide bonds. The molecule has 1 aliphatic rings. The fraction of sp³-hybridized carbons (Fsp3) is 0.316. The van der Waals surface area contributed by atoms with Gasteiger partial charge in [-0.1, -0.05) is 30.3 Å². The highest BCUT2D eigenvalue weighted by Gasteiger charge is 2.32. The number of piperidine rings is 1. The smallest absolute Gasteiger partial charge is 0.274 e. The lowest BCUT2D eigenvalue weighted by molar-refractivity contribution is 0.0588. The van der Waals surface area contributed by atoms with Crippen LogP contribution in [0.5, 0.6) is 0 Å². The van der Waals surface area contributed by atoms with E-state index in [2.05, 4.69) is 32.3 Å². The second kappa shape index (κ2) is 7.43. The fourth-order valence-electron chi connectivity index (χ4n) is 3.42. The molecule has 0 aliphatic carbocycles. The van der Waals surface area contributed by atoms with E-state index in [1.807, 2.05) is 27.7 Å². The highest BCUT2D eigenvalue weighted by Crippen LogP contribution is 2.31. The molecule has 7 heteroatoms. The number of hydrogen-bond donors (Lipinski definition) is 0. The van der Waals surface area contributed by atoms with Gasteiger partial charge in [-0.2, -0.15) is 0 Å². The van der Waals surface area contributed by atoms with Crippen molar-refractivity contribution in [3.8, 4) is 0 Å². The normalized spacial score (nSPS) is 17.2. The molecule has 1 saturated heterocycles. The summed E-state index contributed by atoms with van der Waals surface area (Å²) < 4.78 is 2.03. The number of aromatic nitrogens is 5. The molecule has 7 nitrogen and oxygen atoms in total. The first-order chi connectivity index (χ1) is 12.8. The van der Waals surface area contributed by atoms with Gasteiger partial charge in [0.05, 0.1) is 18.8 Å². The minimum Gasteiger partial charge on any atom is -0.327 e. The maximum atomic E-state index is 12.9. The van der Waals surface area contributed by atoms with Crippen molar-refractivity contribution in [1.29, 1.82) is 0 Å².